The van der Waals surface area contributed by atoms with Crippen LogP contribution in [-0.4, -0.2) is 38.2 Å². The molecular weight excluding hydrogens is 278 g/mol. The maximum Gasteiger partial charge on any atom is 0.155 e. The smallest absolute Gasteiger partial charge is 0.155 e. The van der Waals surface area contributed by atoms with E-state index in [1.54, 1.807) is 38.3 Å². The summed E-state index contributed by atoms with van der Waals surface area (Å²) in [5, 5.41) is 18.0. The third kappa shape index (κ3) is 2.07. The summed E-state index contributed by atoms with van der Waals surface area (Å²) < 4.78 is 29.3. The van der Waals surface area contributed by atoms with Gasteiger partial charge in [-0.1, -0.05) is 19.1 Å². The molecule has 0 heterocycles. The maximum absolute atomic E-state index is 12.1. The Bertz CT molecular complexity index is 632. The first-order valence-electron chi connectivity index (χ1n) is 6.34. The van der Waals surface area contributed by atoms with Gasteiger partial charge >= 0.3 is 0 Å². The monoisotopic (exact) mass is 295 g/mol. The van der Waals surface area contributed by atoms with Crippen molar-refractivity contribution in [1.29, 1.82) is 5.26 Å². The van der Waals surface area contributed by atoms with Crippen molar-refractivity contribution in [1.82, 2.24) is 0 Å². The normalized spacial score (nSPS) is 28.7. The summed E-state index contributed by atoms with van der Waals surface area (Å²) >= 11 is 0. The summed E-state index contributed by atoms with van der Waals surface area (Å²) in [6.45, 7) is 1.10. The van der Waals surface area contributed by atoms with Crippen molar-refractivity contribution in [3.05, 3.63) is 29.8 Å². The van der Waals surface area contributed by atoms with Crippen molar-refractivity contribution >= 4 is 9.84 Å². The van der Waals surface area contributed by atoms with Gasteiger partial charge in [-0.25, -0.2) is 8.42 Å². The molecule has 1 aromatic rings. The molecule has 1 aliphatic rings. The fourth-order valence-electron chi connectivity index (χ4n) is 2.75. The molecule has 2 rings (SSSR count). The SMILES string of the molecule is CCS(=O)(=O)C1C(c2ccc(OC)cc2)C1(C#N)CO. The molecule has 0 saturated heterocycles. The zero-order valence-electron chi connectivity index (χ0n) is 11.4. The third-order valence-electron chi connectivity index (χ3n) is 3.99. The first kappa shape index (κ1) is 14.8. The lowest BCUT2D eigenvalue weighted by Crippen LogP contribution is -2.19. The third-order valence-corrected chi connectivity index (χ3v) is 6.26. The zero-order valence-corrected chi connectivity index (χ0v) is 12.2. The summed E-state index contributed by atoms with van der Waals surface area (Å²) in [6.07, 6.45) is 0. The number of rotatable bonds is 5. The van der Waals surface area contributed by atoms with Gasteiger partial charge in [0.05, 0.1) is 25.0 Å². The molecule has 1 N–H and O–H groups in total. The van der Waals surface area contributed by atoms with Gasteiger partial charge in [-0.2, -0.15) is 5.26 Å². The summed E-state index contributed by atoms with van der Waals surface area (Å²) in [6, 6.07) is 8.95. The molecule has 1 saturated carbocycles. The minimum absolute atomic E-state index is 0.0340. The van der Waals surface area contributed by atoms with Gasteiger partial charge in [0.2, 0.25) is 0 Å². The van der Waals surface area contributed by atoms with Crippen LogP contribution in [0.5, 0.6) is 5.75 Å². The lowest BCUT2D eigenvalue weighted by Gasteiger charge is -2.04. The van der Waals surface area contributed by atoms with Gasteiger partial charge < -0.3 is 9.84 Å². The summed E-state index contributed by atoms with van der Waals surface area (Å²) in [5.74, 6) is 0.150. The lowest BCUT2D eigenvalue weighted by atomic mass is 10.0. The molecule has 3 atom stereocenters. The van der Waals surface area contributed by atoms with E-state index in [9.17, 15) is 18.8 Å². The van der Waals surface area contributed by atoms with Crippen molar-refractivity contribution in [3.8, 4) is 11.8 Å². The van der Waals surface area contributed by atoms with E-state index < -0.39 is 33.0 Å². The van der Waals surface area contributed by atoms with E-state index >= 15 is 0 Å². The summed E-state index contributed by atoms with van der Waals surface area (Å²) in [5.41, 5.74) is -0.480. The minimum Gasteiger partial charge on any atom is -0.497 e. The van der Waals surface area contributed by atoms with Gasteiger partial charge in [0.15, 0.2) is 9.84 Å². The molecule has 0 bridgehead atoms. The van der Waals surface area contributed by atoms with Crippen LogP contribution < -0.4 is 4.74 Å². The number of hydrogen-bond acceptors (Lipinski definition) is 5. The Hall–Kier alpha value is -1.58. The van der Waals surface area contributed by atoms with Crippen LogP contribution >= 0.6 is 0 Å². The topological polar surface area (TPSA) is 87.4 Å². The van der Waals surface area contributed by atoms with E-state index in [1.165, 1.54) is 0 Å². The molecule has 6 heteroatoms. The van der Waals surface area contributed by atoms with Crippen LogP contribution in [0.25, 0.3) is 0 Å². The van der Waals surface area contributed by atoms with Gasteiger partial charge in [0.1, 0.15) is 11.2 Å². The van der Waals surface area contributed by atoms with Crippen LogP contribution in [0.15, 0.2) is 24.3 Å². The quantitative estimate of drug-likeness (QED) is 0.879. The Balaban J connectivity index is 2.42. The molecule has 1 aromatic carbocycles. The molecule has 3 unspecified atom stereocenters. The predicted molar refractivity (Wildman–Crippen MR) is 74.1 cm³/mol. The number of benzene rings is 1. The average Bonchev–Trinajstić information content (AvgIpc) is 3.18. The van der Waals surface area contributed by atoms with Crippen molar-refractivity contribution < 1.29 is 18.3 Å². The molecule has 1 fully saturated rings. The summed E-state index contributed by atoms with van der Waals surface area (Å²) in [4.78, 5) is 0. The molecule has 0 radical (unpaired) electrons. The number of nitrogens with zero attached hydrogens (tertiary/aromatic N) is 1. The highest BCUT2D eigenvalue weighted by Crippen LogP contribution is 2.62. The Kier molecular flexibility index (Phi) is 3.76. The Morgan fingerprint density at radius 2 is 2.00 bits per heavy atom. The Morgan fingerprint density at radius 1 is 1.40 bits per heavy atom. The number of methoxy groups -OCH3 is 1. The van der Waals surface area contributed by atoms with Crippen LogP contribution in [0.3, 0.4) is 0 Å². The van der Waals surface area contributed by atoms with Gasteiger partial charge in [-0.05, 0) is 17.7 Å². The maximum atomic E-state index is 12.1. The van der Waals surface area contributed by atoms with Crippen LogP contribution in [0, 0.1) is 16.7 Å². The van der Waals surface area contributed by atoms with Crippen LogP contribution in [-0.2, 0) is 9.84 Å². The second kappa shape index (κ2) is 5.08. The van der Waals surface area contributed by atoms with Gasteiger partial charge in [-0.3, -0.25) is 0 Å². The van der Waals surface area contributed by atoms with Crippen LogP contribution in [0.4, 0.5) is 0 Å². The Labute approximate surface area is 118 Å². The highest BCUT2D eigenvalue weighted by atomic mass is 32.2. The number of aliphatic hydroxyl groups is 1. The second-order valence-electron chi connectivity index (χ2n) is 4.93. The number of sulfone groups is 1. The van der Waals surface area contributed by atoms with Crippen LogP contribution in [0.1, 0.15) is 18.4 Å². The average molecular weight is 295 g/mol. The Morgan fingerprint density at radius 3 is 2.40 bits per heavy atom. The van der Waals surface area contributed by atoms with E-state index in [-0.39, 0.29) is 5.75 Å². The molecule has 5 nitrogen and oxygen atoms in total. The highest BCUT2D eigenvalue weighted by Gasteiger charge is 2.71. The minimum atomic E-state index is -3.38. The zero-order chi connectivity index (χ0) is 15.0. The molecule has 0 aromatic heterocycles. The highest BCUT2D eigenvalue weighted by molar-refractivity contribution is 7.92. The first-order valence-corrected chi connectivity index (χ1v) is 8.06. The molecule has 0 amide bonds. The fourth-order valence-corrected chi connectivity index (χ4v) is 4.76. The molecule has 0 aliphatic heterocycles. The molecule has 20 heavy (non-hydrogen) atoms. The van der Waals surface area contributed by atoms with Gasteiger partial charge in [0, 0.05) is 11.7 Å². The first-order chi connectivity index (χ1) is 9.46. The van der Waals surface area contributed by atoms with E-state index in [4.69, 9.17) is 4.74 Å². The van der Waals surface area contributed by atoms with E-state index in [1.807, 2.05) is 6.07 Å². The van der Waals surface area contributed by atoms with Gasteiger partial charge in [0.25, 0.3) is 0 Å². The standard InChI is InChI=1S/C14H17NO4S/c1-3-20(17,18)13-12(14(13,8-15)9-16)10-4-6-11(19-2)7-5-10/h4-7,12-13,16H,3,9H2,1-2H3. The van der Waals surface area contributed by atoms with Crippen molar-refractivity contribution in [3.63, 3.8) is 0 Å². The molecule has 108 valence electrons. The second-order valence-corrected chi connectivity index (χ2v) is 7.34. The number of hydrogen-bond donors (Lipinski definition) is 1. The molecule has 0 spiro atoms. The number of ether oxygens (including phenoxy) is 1. The predicted octanol–water partition coefficient (Wildman–Crippen LogP) is 1.10. The van der Waals surface area contributed by atoms with Gasteiger partial charge in [-0.15, -0.1) is 0 Å². The fraction of sp³-hybridized carbons (Fsp3) is 0.500. The largest absolute Gasteiger partial charge is 0.497 e. The van der Waals surface area contributed by atoms with E-state index in [0.29, 0.717) is 5.75 Å². The van der Waals surface area contributed by atoms with Crippen molar-refractivity contribution in [2.24, 2.45) is 5.41 Å². The van der Waals surface area contributed by atoms with E-state index in [0.717, 1.165) is 5.56 Å². The van der Waals surface area contributed by atoms with Crippen LogP contribution in [0.2, 0.25) is 0 Å². The number of nitriles is 1. The van der Waals surface area contributed by atoms with Crippen molar-refractivity contribution in [2.75, 3.05) is 19.5 Å². The van der Waals surface area contributed by atoms with Crippen molar-refractivity contribution in [2.45, 2.75) is 18.1 Å². The number of aliphatic hydroxyl groups excluding tert-OH is 1. The summed E-state index contributed by atoms with van der Waals surface area (Å²) in [7, 11) is -1.84. The molecule has 1 aliphatic carbocycles. The molecular formula is C14H17NO4S. The van der Waals surface area contributed by atoms with E-state index in [2.05, 4.69) is 0 Å². The lowest BCUT2D eigenvalue weighted by molar-refractivity contribution is 0.242.